The lowest BCUT2D eigenvalue weighted by atomic mass is 10.7. The Morgan fingerprint density at radius 2 is 2.57 bits per heavy atom. The largest absolute Gasteiger partial charge is 0.782 e. The number of carbonyl (C=O) groups excluding carboxylic acids is 1. The monoisotopic (exact) mass is 102 g/mol. The maximum Gasteiger partial charge on any atom is 0.320 e. The highest BCUT2D eigenvalue weighted by Crippen LogP contribution is 1.95. The van der Waals surface area contributed by atoms with Crippen molar-refractivity contribution in [3.63, 3.8) is 0 Å². The van der Waals surface area contributed by atoms with Gasteiger partial charge in [0.15, 0.2) is 0 Å². The minimum atomic E-state index is -0.435. The first-order chi connectivity index (χ1) is 3.29. The SMILES string of the molecule is O=C1CN([O-])CO1. The molecule has 0 aromatic rings. The second kappa shape index (κ2) is 1.48. The van der Waals surface area contributed by atoms with Gasteiger partial charge in [-0.15, -0.1) is 0 Å². The third-order valence-corrected chi connectivity index (χ3v) is 0.675. The van der Waals surface area contributed by atoms with Crippen molar-refractivity contribution in [3.05, 3.63) is 5.21 Å². The van der Waals surface area contributed by atoms with Crippen molar-refractivity contribution in [2.45, 2.75) is 0 Å². The summed E-state index contributed by atoms with van der Waals surface area (Å²) in [6.45, 7) is -0.209. The van der Waals surface area contributed by atoms with Gasteiger partial charge in [0.25, 0.3) is 0 Å². The lowest BCUT2D eigenvalue weighted by molar-refractivity contribution is -0.136. The zero-order valence-corrected chi connectivity index (χ0v) is 3.59. The van der Waals surface area contributed by atoms with Crippen LogP contribution in [0, 0.1) is 5.21 Å². The molecule has 1 fully saturated rings. The van der Waals surface area contributed by atoms with Crippen LogP contribution >= 0.6 is 0 Å². The summed E-state index contributed by atoms with van der Waals surface area (Å²) in [6.07, 6.45) is 0. The van der Waals surface area contributed by atoms with Crippen LogP contribution in [-0.4, -0.2) is 24.3 Å². The summed E-state index contributed by atoms with van der Waals surface area (Å²) < 4.78 is 4.24. The van der Waals surface area contributed by atoms with Crippen molar-refractivity contribution in [2.24, 2.45) is 0 Å². The fourth-order valence-electron chi connectivity index (χ4n) is 0.379. The maximum absolute atomic E-state index is 10.0. The molecule has 40 valence electrons. The van der Waals surface area contributed by atoms with Crippen LogP contribution in [0.2, 0.25) is 0 Å². The quantitative estimate of drug-likeness (QED) is 0.379. The third-order valence-electron chi connectivity index (χ3n) is 0.675. The van der Waals surface area contributed by atoms with E-state index in [4.69, 9.17) is 0 Å². The molecule has 0 N–H and O–H groups in total. The molecule has 1 saturated heterocycles. The Morgan fingerprint density at radius 3 is 2.71 bits per heavy atom. The molecule has 0 amide bonds. The molecule has 0 radical (unpaired) electrons. The van der Waals surface area contributed by atoms with Crippen LogP contribution in [0.25, 0.3) is 0 Å². The number of esters is 1. The van der Waals surface area contributed by atoms with Crippen LogP contribution in [-0.2, 0) is 9.53 Å². The van der Waals surface area contributed by atoms with E-state index in [9.17, 15) is 10.0 Å². The summed E-state index contributed by atoms with van der Waals surface area (Å²) in [7, 11) is 0. The van der Waals surface area contributed by atoms with Gasteiger partial charge in [-0.25, -0.2) is 0 Å². The minimum absolute atomic E-state index is 0.0984. The van der Waals surface area contributed by atoms with Crippen molar-refractivity contribution in [1.29, 1.82) is 0 Å². The molecule has 1 aliphatic heterocycles. The Balaban J connectivity index is 2.40. The van der Waals surface area contributed by atoms with Crippen LogP contribution in [0.3, 0.4) is 0 Å². The minimum Gasteiger partial charge on any atom is -0.782 e. The second-order valence-electron chi connectivity index (χ2n) is 1.29. The van der Waals surface area contributed by atoms with E-state index >= 15 is 0 Å². The number of cyclic esters (lactones) is 1. The van der Waals surface area contributed by atoms with Crippen molar-refractivity contribution in [2.75, 3.05) is 13.3 Å². The van der Waals surface area contributed by atoms with Crippen LogP contribution in [0.1, 0.15) is 0 Å². The highest BCUT2D eigenvalue weighted by molar-refractivity contribution is 5.73. The van der Waals surface area contributed by atoms with Crippen LogP contribution in [0.15, 0.2) is 0 Å². The fourth-order valence-corrected chi connectivity index (χ4v) is 0.379. The third kappa shape index (κ3) is 0.880. The smallest absolute Gasteiger partial charge is 0.320 e. The first-order valence-corrected chi connectivity index (χ1v) is 1.87. The van der Waals surface area contributed by atoms with Crippen molar-refractivity contribution >= 4 is 5.97 Å². The normalized spacial score (nSPS) is 22.7. The van der Waals surface area contributed by atoms with Crippen LogP contribution < -0.4 is 0 Å². The molecule has 0 aromatic heterocycles. The Kier molecular flexibility index (Phi) is 0.958. The van der Waals surface area contributed by atoms with Gasteiger partial charge in [0.05, 0.1) is 6.54 Å². The molecule has 0 aliphatic carbocycles. The lowest BCUT2D eigenvalue weighted by Gasteiger charge is -2.14. The van der Waals surface area contributed by atoms with E-state index in [-0.39, 0.29) is 13.3 Å². The molecule has 0 bridgehead atoms. The summed E-state index contributed by atoms with van der Waals surface area (Å²) in [5.41, 5.74) is 0. The van der Waals surface area contributed by atoms with Gasteiger partial charge in [0, 0.05) is 0 Å². The predicted molar refractivity (Wildman–Crippen MR) is 21.0 cm³/mol. The zero-order valence-electron chi connectivity index (χ0n) is 3.59. The molecule has 0 saturated carbocycles. The predicted octanol–water partition coefficient (Wildman–Crippen LogP) is -0.700. The molecular formula is C3H4NO3-. The molecule has 1 aliphatic rings. The molecule has 4 heteroatoms. The first-order valence-electron chi connectivity index (χ1n) is 1.87. The molecule has 1 rings (SSSR count). The highest BCUT2D eigenvalue weighted by Gasteiger charge is 2.10. The van der Waals surface area contributed by atoms with E-state index in [2.05, 4.69) is 4.74 Å². The van der Waals surface area contributed by atoms with Gasteiger partial charge in [0.2, 0.25) is 0 Å². The number of ether oxygens (including phenoxy) is 1. The zero-order chi connectivity index (χ0) is 5.28. The number of hydroxylamine groups is 2. The Hall–Kier alpha value is -0.610. The highest BCUT2D eigenvalue weighted by atomic mass is 16.6. The molecule has 0 spiro atoms. The number of rotatable bonds is 0. The maximum atomic E-state index is 10.0. The standard InChI is InChI=1S/C3H4NO3/c5-3-1-4(6)2-7-3/h1-2H2/q-1. The number of nitrogens with zero attached hydrogens (tertiary/aromatic N) is 1. The van der Waals surface area contributed by atoms with Gasteiger partial charge in [-0.3, -0.25) is 4.79 Å². The molecular weight excluding hydrogens is 98.0 g/mol. The lowest BCUT2D eigenvalue weighted by Crippen LogP contribution is -2.10. The summed E-state index contributed by atoms with van der Waals surface area (Å²) in [4.78, 5) is 9.99. The van der Waals surface area contributed by atoms with Gasteiger partial charge in [-0.1, -0.05) is 0 Å². The average Bonchev–Trinajstić information content (AvgIpc) is 1.87. The molecule has 0 aromatic carbocycles. The summed E-state index contributed by atoms with van der Waals surface area (Å²) in [5.74, 6) is -0.435. The molecule has 1 heterocycles. The molecule has 0 unspecified atom stereocenters. The van der Waals surface area contributed by atoms with E-state index in [0.29, 0.717) is 5.06 Å². The first kappa shape index (κ1) is 4.55. The molecule has 0 atom stereocenters. The molecule has 4 nitrogen and oxygen atoms in total. The van der Waals surface area contributed by atoms with E-state index < -0.39 is 5.97 Å². The topological polar surface area (TPSA) is 52.6 Å². The Morgan fingerprint density at radius 1 is 1.86 bits per heavy atom. The van der Waals surface area contributed by atoms with E-state index in [1.165, 1.54) is 0 Å². The Bertz CT molecular complexity index is 92.2. The van der Waals surface area contributed by atoms with Crippen LogP contribution in [0.5, 0.6) is 0 Å². The second-order valence-corrected chi connectivity index (χ2v) is 1.29. The van der Waals surface area contributed by atoms with Gasteiger partial charge < -0.3 is 15.0 Å². The van der Waals surface area contributed by atoms with Crippen molar-refractivity contribution in [3.8, 4) is 0 Å². The van der Waals surface area contributed by atoms with Gasteiger partial charge in [0.1, 0.15) is 6.73 Å². The summed E-state index contributed by atoms with van der Waals surface area (Å²) in [5, 5.41) is 10.6. The average molecular weight is 102 g/mol. The fraction of sp³-hybridized carbons (Fsp3) is 0.667. The molecule has 7 heavy (non-hydrogen) atoms. The number of hydrogen-bond donors (Lipinski definition) is 0. The number of hydrogen-bond acceptors (Lipinski definition) is 4. The van der Waals surface area contributed by atoms with E-state index in [1.54, 1.807) is 0 Å². The summed E-state index contributed by atoms with van der Waals surface area (Å²) in [6, 6.07) is 0. The van der Waals surface area contributed by atoms with E-state index in [1.807, 2.05) is 0 Å². The van der Waals surface area contributed by atoms with Crippen molar-refractivity contribution < 1.29 is 9.53 Å². The van der Waals surface area contributed by atoms with Crippen molar-refractivity contribution in [1.82, 2.24) is 5.06 Å². The van der Waals surface area contributed by atoms with E-state index in [0.717, 1.165) is 0 Å². The summed E-state index contributed by atoms with van der Waals surface area (Å²) >= 11 is 0. The van der Waals surface area contributed by atoms with Gasteiger partial charge >= 0.3 is 5.97 Å². The van der Waals surface area contributed by atoms with Gasteiger partial charge in [-0.2, -0.15) is 0 Å². The van der Waals surface area contributed by atoms with Crippen LogP contribution in [0.4, 0.5) is 0 Å². The Labute approximate surface area is 40.2 Å². The van der Waals surface area contributed by atoms with Gasteiger partial charge in [-0.05, 0) is 0 Å². The number of carbonyl (C=O) groups is 1.